The fraction of sp³-hybridized carbons (Fsp3) is 0.560. The Morgan fingerprint density at radius 3 is 2.68 bits per heavy atom. The molecule has 0 atom stereocenters. The highest BCUT2D eigenvalue weighted by Gasteiger charge is 2.22. The van der Waals surface area contributed by atoms with Crippen molar-refractivity contribution in [3.05, 3.63) is 45.9 Å². The van der Waals surface area contributed by atoms with Crippen LogP contribution < -0.4 is 11.1 Å². The molecule has 34 heavy (non-hydrogen) atoms. The van der Waals surface area contributed by atoms with Gasteiger partial charge in [0.05, 0.1) is 13.2 Å². The number of carbonyl (C=O) groups excluding carboxylic acids is 2. The van der Waals surface area contributed by atoms with Gasteiger partial charge in [-0.05, 0) is 41.8 Å². The van der Waals surface area contributed by atoms with Crippen LogP contribution in [-0.4, -0.2) is 72.0 Å². The number of anilines is 1. The van der Waals surface area contributed by atoms with Crippen LogP contribution in [0.3, 0.4) is 0 Å². The van der Waals surface area contributed by atoms with Crippen LogP contribution in [0.4, 0.5) is 10.5 Å². The second-order valence-corrected chi connectivity index (χ2v) is 9.91. The fourth-order valence-corrected chi connectivity index (χ4v) is 5.29. The first-order valence-corrected chi connectivity index (χ1v) is 13.2. The van der Waals surface area contributed by atoms with Crippen LogP contribution in [0.15, 0.2) is 29.1 Å². The summed E-state index contributed by atoms with van der Waals surface area (Å²) in [7, 11) is 0. The first-order valence-electron chi connectivity index (χ1n) is 12.2. The van der Waals surface area contributed by atoms with Crippen LogP contribution in [0.5, 0.6) is 0 Å². The summed E-state index contributed by atoms with van der Waals surface area (Å²) in [6, 6.07) is 3.91. The number of hydrogen-bond donors (Lipinski definition) is 2. The number of nitrogen functional groups attached to an aromatic ring is 1. The zero-order valence-corrected chi connectivity index (χ0v) is 20.5. The predicted octanol–water partition coefficient (Wildman–Crippen LogP) is 3.33. The van der Waals surface area contributed by atoms with Crippen molar-refractivity contribution in [2.75, 3.05) is 45.1 Å². The number of urea groups is 1. The van der Waals surface area contributed by atoms with Crippen molar-refractivity contribution in [2.24, 2.45) is 0 Å². The summed E-state index contributed by atoms with van der Waals surface area (Å²) in [6.07, 6.45) is 7.34. The summed E-state index contributed by atoms with van der Waals surface area (Å²) in [5.41, 5.74) is 8.73. The lowest BCUT2D eigenvalue weighted by Crippen LogP contribution is -2.45. The van der Waals surface area contributed by atoms with Crippen LogP contribution in [-0.2, 0) is 17.7 Å². The molecule has 2 fully saturated rings. The Morgan fingerprint density at radius 2 is 2.00 bits per heavy atom. The van der Waals surface area contributed by atoms with E-state index < -0.39 is 0 Å². The van der Waals surface area contributed by atoms with Crippen LogP contribution in [0, 0.1) is 0 Å². The molecule has 1 saturated carbocycles. The highest BCUT2D eigenvalue weighted by molar-refractivity contribution is 7.08. The maximum atomic E-state index is 13.1. The number of amides is 2. The Balaban J connectivity index is 1.35. The molecule has 3 N–H and O–H groups in total. The van der Waals surface area contributed by atoms with Crippen LogP contribution >= 0.6 is 11.3 Å². The van der Waals surface area contributed by atoms with Crippen molar-refractivity contribution in [3.63, 3.8) is 0 Å². The van der Waals surface area contributed by atoms with Crippen molar-refractivity contribution in [1.29, 1.82) is 0 Å². The van der Waals surface area contributed by atoms with E-state index in [1.54, 1.807) is 12.3 Å². The van der Waals surface area contributed by atoms with E-state index in [9.17, 15) is 9.59 Å². The molecular formula is C25H35N5O3S. The Hall–Kier alpha value is -2.49. The fourth-order valence-electron chi connectivity index (χ4n) is 4.54. The second-order valence-electron chi connectivity index (χ2n) is 9.16. The Bertz CT molecular complexity index is 936. The number of ether oxygens (including phenoxy) is 1. The number of thiophene rings is 1. The lowest BCUT2D eigenvalue weighted by molar-refractivity contribution is 0.0364. The van der Waals surface area contributed by atoms with Gasteiger partial charge in [0.1, 0.15) is 5.69 Å². The minimum Gasteiger partial charge on any atom is -0.398 e. The molecule has 0 radical (unpaired) electrons. The molecule has 1 aliphatic heterocycles. The number of rotatable bonds is 10. The molecule has 1 saturated heterocycles. The second kappa shape index (κ2) is 12.3. The molecular weight excluding hydrogens is 450 g/mol. The van der Waals surface area contributed by atoms with Crippen molar-refractivity contribution < 1.29 is 14.3 Å². The van der Waals surface area contributed by atoms with E-state index in [1.165, 1.54) is 24.2 Å². The average molecular weight is 486 g/mol. The average Bonchev–Trinajstić information content (AvgIpc) is 3.51. The van der Waals surface area contributed by atoms with E-state index in [-0.39, 0.29) is 24.3 Å². The number of nitrogens with one attached hydrogen (secondary N) is 1. The molecule has 0 unspecified atom stereocenters. The molecule has 9 heteroatoms. The summed E-state index contributed by atoms with van der Waals surface area (Å²) in [4.78, 5) is 34.3. The Kier molecular flexibility index (Phi) is 8.90. The molecule has 2 aromatic heterocycles. The molecule has 0 aromatic carbocycles. The van der Waals surface area contributed by atoms with Gasteiger partial charge in [-0.3, -0.25) is 14.7 Å². The van der Waals surface area contributed by atoms with E-state index in [0.717, 1.165) is 63.2 Å². The first kappa shape index (κ1) is 24.6. The van der Waals surface area contributed by atoms with Crippen molar-refractivity contribution in [1.82, 2.24) is 20.1 Å². The van der Waals surface area contributed by atoms with Gasteiger partial charge >= 0.3 is 6.03 Å². The molecule has 2 aromatic rings. The summed E-state index contributed by atoms with van der Waals surface area (Å²) >= 11 is 1.49. The minimum absolute atomic E-state index is 0.0121. The molecule has 0 spiro atoms. The molecule has 3 heterocycles. The highest BCUT2D eigenvalue weighted by atomic mass is 32.1. The number of morpholine rings is 1. The van der Waals surface area contributed by atoms with Gasteiger partial charge in [-0.1, -0.05) is 18.9 Å². The number of nitrogens with zero attached hydrogens (tertiary/aromatic N) is 3. The van der Waals surface area contributed by atoms with Gasteiger partial charge in [-0.15, -0.1) is 11.3 Å². The Morgan fingerprint density at radius 1 is 1.21 bits per heavy atom. The van der Waals surface area contributed by atoms with Crippen LogP contribution in [0.2, 0.25) is 0 Å². The summed E-state index contributed by atoms with van der Waals surface area (Å²) in [5, 5.41) is 6.95. The van der Waals surface area contributed by atoms with Gasteiger partial charge < -0.3 is 20.7 Å². The minimum atomic E-state index is -0.0574. The third-order valence-corrected chi connectivity index (χ3v) is 7.40. The number of ketones is 1. The van der Waals surface area contributed by atoms with E-state index in [1.807, 2.05) is 21.7 Å². The smallest absolute Gasteiger partial charge is 0.317 e. The third-order valence-electron chi connectivity index (χ3n) is 6.59. The number of Topliss-reactive ketones (excluding diaryl/α,β-unsaturated/α-hetero) is 1. The van der Waals surface area contributed by atoms with Gasteiger partial charge in [-0.25, -0.2) is 4.79 Å². The predicted molar refractivity (Wildman–Crippen MR) is 134 cm³/mol. The zero-order chi connectivity index (χ0) is 23.8. The SMILES string of the molecule is Nc1cscc1CC(=O)c1ccc(CN(CCCN2CCOCC2)C(=O)NC2CCCC2)cn1. The number of aromatic nitrogens is 1. The lowest BCUT2D eigenvalue weighted by atomic mass is 10.1. The van der Waals surface area contributed by atoms with Gasteiger partial charge in [0.25, 0.3) is 0 Å². The molecule has 184 valence electrons. The standard InChI is InChI=1S/C25H35N5O3S/c26-22-18-34-17-20(22)14-24(31)23-7-6-19(15-27-23)16-30(25(32)28-21-4-1-2-5-21)9-3-8-29-10-12-33-13-11-29/h6-7,15,17-18,21H,1-5,8-14,16,26H2,(H,28,32). The molecule has 4 rings (SSSR count). The molecule has 0 bridgehead atoms. The Labute approximate surface area is 205 Å². The van der Waals surface area contributed by atoms with Gasteiger partial charge in [-0.2, -0.15) is 0 Å². The topological polar surface area (TPSA) is 101 Å². The normalized spacial score (nSPS) is 17.1. The van der Waals surface area contributed by atoms with Crippen molar-refractivity contribution in [3.8, 4) is 0 Å². The molecule has 2 aliphatic rings. The molecule has 8 nitrogen and oxygen atoms in total. The van der Waals surface area contributed by atoms with Crippen LogP contribution in [0.25, 0.3) is 0 Å². The molecule has 1 aliphatic carbocycles. The van der Waals surface area contributed by atoms with Crippen molar-refractivity contribution in [2.45, 2.75) is 51.1 Å². The highest BCUT2D eigenvalue weighted by Crippen LogP contribution is 2.20. The quantitative estimate of drug-likeness (QED) is 0.501. The monoisotopic (exact) mass is 485 g/mol. The van der Waals surface area contributed by atoms with Gasteiger partial charge in [0.2, 0.25) is 0 Å². The third kappa shape index (κ3) is 7.01. The van der Waals surface area contributed by atoms with Gasteiger partial charge in [0.15, 0.2) is 5.78 Å². The first-order chi connectivity index (χ1) is 16.6. The van der Waals surface area contributed by atoms with Crippen molar-refractivity contribution >= 4 is 28.8 Å². The van der Waals surface area contributed by atoms with E-state index >= 15 is 0 Å². The number of pyridine rings is 1. The summed E-state index contributed by atoms with van der Waals surface area (Å²) < 4.78 is 5.43. The summed E-state index contributed by atoms with van der Waals surface area (Å²) in [5.74, 6) is -0.0574. The summed E-state index contributed by atoms with van der Waals surface area (Å²) in [6.45, 7) is 5.56. The van der Waals surface area contributed by atoms with Crippen LogP contribution in [0.1, 0.15) is 53.7 Å². The molecule has 2 amide bonds. The number of hydrogen-bond acceptors (Lipinski definition) is 7. The maximum absolute atomic E-state index is 13.1. The van der Waals surface area contributed by atoms with E-state index in [4.69, 9.17) is 10.5 Å². The number of carbonyl (C=O) groups is 2. The van der Waals surface area contributed by atoms with E-state index in [2.05, 4.69) is 15.2 Å². The largest absolute Gasteiger partial charge is 0.398 e. The van der Waals surface area contributed by atoms with E-state index in [0.29, 0.717) is 24.5 Å². The number of nitrogens with two attached hydrogens (primary N) is 1. The lowest BCUT2D eigenvalue weighted by Gasteiger charge is -2.29. The van der Waals surface area contributed by atoms with Gasteiger partial charge in [0, 0.05) is 62.5 Å². The zero-order valence-electron chi connectivity index (χ0n) is 19.7. The maximum Gasteiger partial charge on any atom is 0.317 e.